The van der Waals surface area contributed by atoms with Crippen LogP contribution in [0.2, 0.25) is 0 Å². The molecule has 0 saturated carbocycles. The number of fused-ring (bicyclic) bond motifs is 1. The second kappa shape index (κ2) is 10.2. The number of para-hydroxylation sites is 1. The van der Waals surface area contributed by atoms with Gasteiger partial charge in [-0.1, -0.05) is 42.5 Å². The van der Waals surface area contributed by atoms with Crippen LogP contribution in [-0.2, 0) is 17.9 Å². The van der Waals surface area contributed by atoms with Crippen LogP contribution >= 0.6 is 0 Å². The quantitative estimate of drug-likeness (QED) is 0.434. The summed E-state index contributed by atoms with van der Waals surface area (Å²) >= 11 is 0. The zero-order valence-electron chi connectivity index (χ0n) is 20.1. The maximum Gasteiger partial charge on any atom is 0.304 e. The normalized spacial score (nSPS) is 14.6. The topological polar surface area (TPSA) is 87.8 Å². The standard InChI is InChI=1S/C28H33N3O3/c1-18-8-9-20(24(15-27(32)33)23-10-11-25(30-3)28(29)19(23)2)14-22(18)17-31-12-13-34-26-7-5-4-6-21(26)16-31/h4-11,14,24,30H,12-13,15-17,29H2,1-3H3,(H,32,33). The largest absolute Gasteiger partial charge is 0.492 e. The van der Waals surface area contributed by atoms with E-state index < -0.39 is 5.97 Å². The number of rotatable bonds is 7. The minimum absolute atomic E-state index is 0.00656. The van der Waals surface area contributed by atoms with Crippen molar-refractivity contribution in [3.63, 3.8) is 0 Å². The summed E-state index contributed by atoms with van der Waals surface area (Å²) in [5.41, 5.74) is 14.3. The number of ether oxygens (including phenoxy) is 1. The molecule has 178 valence electrons. The molecule has 6 heteroatoms. The number of aliphatic carboxylic acids is 1. The van der Waals surface area contributed by atoms with E-state index in [-0.39, 0.29) is 12.3 Å². The van der Waals surface area contributed by atoms with Crippen molar-refractivity contribution in [2.75, 3.05) is 31.2 Å². The number of benzene rings is 3. The van der Waals surface area contributed by atoms with E-state index in [4.69, 9.17) is 10.5 Å². The van der Waals surface area contributed by atoms with Gasteiger partial charge in [0.2, 0.25) is 0 Å². The van der Waals surface area contributed by atoms with Crippen LogP contribution in [0.25, 0.3) is 0 Å². The van der Waals surface area contributed by atoms with Gasteiger partial charge in [-0.05, 0) is 53.8 Å². The van der Waals surface area contributed by atoms with Crippen LogP contribution in [0.1, 0.15) is 45.7 Å². The summed E-state index contributed by atoms with van der Waals surface area (Å²) in [4.78, 5) is 14.2. The fourth-order valence-electron chi connectivity index (χ4n) is 4.76. The first-order chi connectivity index (χ1) is 16.4. The number of nitrogen functional groups attached to an aromatic ring is 1. The summed E-state index contributed by atoms with van der Waals surface area (Å²) in [5, 5.41) is 12.8. The average molecular weight is 460 g/mol. The Balaban J connectivity index is 1.66. The SMILES string of the molecule is CNc1ccc(C(CC(=O)O)c2ccc(C)c(CN3CCOc4ccccc4C3)c2)c(C)c1N. The molecule has 1 aliphatic heterocycles. The van der Waals surface area contributed by atoms with Crippen molar-refractivity contribution in [3.05, 3.63) is 88.0 Å². The highest BCUT2D eigenvalue weighted by atomic mass is 16.5. The molecule has 1 aliphatic rings. The van der Waals surface area contributed by atoms with Gasteiger partial charge in [0.05, 0.1) is 17.8 Å². The molecule has 0 saturated heterocycles. The minimum Gasteiger partial charge on any atom is -0.492 e. The molecular formula is C28H33N3O3. The van der Waals surface area contributed by atoms with Crippen LogP contribution in [0, 0.1) is 13.8 Å². The first-order valence-electron chi connectivity index (χ1n) is 11.7. The molecule has 4 N–H and O–H groups in total. The number of carboxylic acid groups (broad SMARTS) is 1. The minimum atomic E-state index is -0.830. The molecule has 3 aromatic rings. The van der Waals surface area contributed by atoms with Crippen LogP contribution in [0.15, 0.2) is 54.6 Å². The van der Waals surface area contributed by atoms with Crippen LogP contribution in [0.3, 0.4) is 0 Å². The van der Waals surface area contributed by atoms with E-state index in [0.717, 1.165) is 47.8 Å². The number of hydrogen-bond acceptors (Lipinski definition) is 5. The lowest BCUT2D eigenvalue weighted by atomic mass is 9.84. The highest BCUT2D eigenvalue weighted by molar-refractivity contribution is 5.74. The lowest BCUT2D eigenvalue weighted by molar-refractivity contribution is -0.137. The van der Waals surface area contributed by atoms with Crippen molar-refractivity contribution in [2.45, 2.75) is 39.3 Å². The number of hydrogen-bond donors (Lipinski definition) is 3. The molecule has 0 amide bonds. The first kappa shape index (κ1) is 23.6. The summed E-state index contributed by atoms with van der Waals surface area (Å²) in [6.45, 7) is 7.14. The number of nitrogens with two attached hydrogens (primary N) is 1. The lowest BCUT2D eigenvalue weighted by Crippen LogP contribution is -2.25. The third kappa shape index (κ3) is 5.02. The van der Waals surface area contributed by atoms with E-state index >= 15 is 0 Å². The lowest BCUT2D eigenvalue weighted by Gasteiger charge is -2.24. The van der Waals surface area contributed by atoms with Crippen LogP contribution in [-0.4, -0.2) is 36.2 Å². The van der Waals surface area contributed by atoms with Crippen molar-refractivity contribution in [3.8, 4) is 5.75 Å². The fraction of sp³-hybridized carbons (Fsp3) is 0.321. The number of carbonyl (C=O) groups is 1. The van der Waals surface area contributed by atoms with Crippen molar-refractivity contribution < 1.29 is 14.6 Å². The van der Waals surface area contributed by atoms with Gasteiger partial charge in [-0.15, -0.1) is 0 Å². The van der Waals surface area contributed by atoms with Gasteiger partial charge >= 0.3 is 5.97 Å². The van der Waals surface area contributed by atoms with Gasteiger partial charge in [-0.25, -0.2) is 0 Å². The zero-order valence-corrected chi connectivity index (χ0v) is 20.1. The predicted molar refractivity (Wildman–Crippen MR) is 136 cm³/mol. The monoisotopic (exact) mass is 459 g/mol. The summed E-state index contributed by atoms with van der Waals surface area (Å²) in [5.74, 6) is -0.155. The van der Waals surface area contributed by atoms with Crippen LogP contribution in [0.4, 0.5) is 11.4 Å². The van der Waals surface area contributed by atoms with E-state index in [0.29, 0.717) is 12.3 Å². The molecular weight excluding hydrogens is 426 g/mol. The Labute approximate surface area is 201 Å². The molecule has 34 heavy (non-hydrogen) atoms. The summed E-state index contributed by atoms with van der Waals surface area (Å²) < 4.78 is 5.93. The second-order valence-corrected chi connectivity index (χ2v) is 8.99. The van der Waals surface area contributed by atoms with Gasteiger partial charge in [0.15, 0.2) is 0 Å². The number of aryl methyl sites for hydroxylation is 1. The van der Waals surface area contributed by atoms with Crippen molar-refractivity contribution in [1.82, 2.24) is 4.90 Å². The zero-order chi connectivity index (χ0) is 24.2. The van der Waals surface area contributed by atoms with Gasteiger partial charge in [0.25, 0.3) is 0 Å². The third-order valence-electron chi connectivity index (χ3n) is 6.78. The van der Waals surface area contributed by atoms with E-state index in [2.05, 4.69) is 41.4 Å². The summed E-state index contributed by atoms with van der Waals surface area (Å²) in [6.07, 6.45) is 0.00656. The van der Waals surface area contributed by atoms with Gasteiger partial charge < -0.3 is 20.9 Å². The molecule has 0 bridgehead atoms. The van der Waals surface area contributed by atoms with Crippen LogP contribution < -0.4 is 15.8 Å². The molecule has 6 nitrogen and oxygen atoms in total. The molecule has 3 aromatic carbocycles. The Morgan fingerprint density at radius 3 is 2.74 bits per heavy atom. The van der Waals surface area contributed by atoms with Crippen LogP contribution in [0.5, 0.6) is 5.75 Å². The van der Waals surface area contributed by atoms with E-state index in [1.165, 1.54) is 16.7 Å². The van der Waals surface area contributed by atoms with Gasteiger partial charge in [-0.2, -0.15) is 0 Å². The molecule has 0 radical (unpaired) electrons. The Kier molecular flexibility index (Phi) is 7.08. The fourth-order valence-corrected chi connectivity index (χ4v) is 4.76. The second-order valence-electron chi connectivity index (χ2n) is 8.99. The van der Waals surface area contributed by atoms with E-state index in [1.54, 1.807) is 0 Å². The Morgan fingerprint density at radius 1 is 1.18 bits per heavy atom. The van der Waals surface area contributed by atoms with Crippen molar-refractivity contribution in [1.29, 1.82) is 0 Å². The van der Waals surface area contributed by atoms with Crippen molar-refractivity contribution >= 4 is 17.3 Å². The smallest absolute Gasteiger partial charge is 0.304 e. The first-order valence-corrected chi connectivity index (χ1v) is 11.7. The number of anilines is 2. The Morgan fingerprint density at radius 2 is 1.97 bits per heavy atom. The third-order valence-corrected chi connectivity index (χ3v) is 6.78. The van der Waals surface area contributed by atoms with Gasteiger partial charge in [0, 0.05) is 38.2 Å². The summed E-state index contributed by atoms with van der Waals surface area (Å²) in [6, 6.07) is 18.4. The molecule has 0 aliphatic carbocycles. The molecule has 4 rings (SSSR count). The predicted octanol–water partition coefficient (Wildman–Crippen LogP) is 4.93. The van der Waals surface area contributed by atoms with E-state index in [1.807, 2.05) is 44.3 Å². The Bertz CT molecular complexity index is 1190. The van der Waals surface area contributed by atoms with Gasteiger partial charge in [-0.3, -0.25) is 9.69 Å². The highest BCUT2D eigenvalue weighted by Gasteiger charge is 2.23. The molecule has 1 atom stereocenters. The van der Waals surface area contributed by atoms with Crippen molar-refractivity contribution in [2.24, 2.45) is 0 Å². The molecule has 0 aromatic heterocycles. The Hall–Kier alpha value is -3.51. The van der Waals surface area contributed by atoms with E-state index in [9.17, 15) is 9.90 Å². The number of nitrogens with one attached hydrogen (secondary N) is 1. The number of nitrogens with zero attached hydrogens (tertiary/aromatic N) is 1. The molecule has 0 spiro atoms. The maximum absolute atomic E-state index is 11.8. The number of carboxylic acids is 1. The molecule has 1 heterocycles. The maximum atomic E-state index is 11.8. The summed E-state index contributed by atoms with van der Waals surface area (Å²) in [7, 11) is 1.83. The average Bonchev–Trinajstić information content (AvgIpc) is 3.02. The molecule has 0 fully saturated rings. The highest BCUT2D eigenvalue weighted by Crippen LogP contribution is 2.36. The van der Waals surface area contributed by atoms with Gasteiger partial charge in [0.1, 0.15) is 12.4 Å². The molecule has 1 unspecified atom stereocenters.